The van der Waals surface area contributed by atoms with E-state index in [9.17, 15) is 22.8 Å². The zero-order valence-electron chi connectivity index (χ0n) is 16.3. The van der Waals surface area contributed by atoms with Crippen molar-refractivity contribution in [3.05, 3.63) is 76.2 Å². The Bertz CT molecular complexity index is 1170. The van der Waals surface area contributed by atoms with E-state index in [-0.39, 0.29) is 16.9 Å². The van der Waals surface area contributed by atoms with Gasteiger partial charge in [-0.25, -0.2) is 0 Å². The number of aromatic amines is 1. The zero-order chi connectivity index (χ0) is 22.1. The Morgan fingerprint density at radius 2 is 1.77 bits per heavy atom. The van der Waals surface area contributed by atoms with Gasteiger partial charge in [-0.2, -0.15) is 0 Å². The molecule has 1 aromatic heterocycles. The van der Waals surface area contributed by atoms with Gasteiger partial charge in [-0.15, -0.1) is 13.2 Å². The number of aromatic nitrogens is 1. The molecule has 6 nitrogen and oxygen atoms in total. The highest BCUT2D eigenvalue weighted by molar-refractivity contribution is 6.06. The monoisotopic (exact) mass is 432 g/mol. The molecular formula is C22H19F3N2O4. The first-order valence-electron chi connectivity index (χ1n) is 9.64. The Kier molecular flexibility index (Phi) is 5.45. The quantitative estimate of drug-likeness (QED) is 0.656. The number of ether oxygens (including phenoxy) is 2. The number of rotatable bonds is 4. The summed E-state index contributed by atoms with van der Waals surface area (Å²) in [6, 6.07) is 12.3. The first kappa shape index (κ1) is 20.9. The van der Waals surface area contributed by atoms with Gasteiger partial charge < -0.3 is 19.8 Å². The normalized spacial score (nSPS) is 16.1. The summed E-state index contributed by atoms with van der Waals surface area (Å²) in [6.45, 7) is 0.661. The van der Waals surface area contributed by atoms with Crippen LogP contribution in [0.25, 0.3) is 10.8 Å². The van der Waals surface area contributed by atoms with Crippen molar-refractivity contribution in [2.45, 2.75) is 24.7 Å². The molecule has 0 radical (unpaired) electrons. The van der Waals surface area contributed by atoms with Crippen LogP contribution in [0.1, 0.15) is 28.8 Å². The molecule has 1 amide bonds. The number of halogens is 3. The Labute approximate surface area is 175 Å². The van der Waals surface area contributed by atoms with Gasteiger partial charge in [0.1, 0.15) is 5.75 Å². The van der Waals surface area contributed by atoms with Gasteiger partial charge in [0.15, 0.2) is 0 Å². The van der Waals surface area contributed by atoms with Crippen LogP contribution in [0.2, 0.25) is 0 Å². The minimum absolute atomic E-state index is 0.267. The Morgan fingerprint density at radius 1 is 1.06 bits per heavy atom. The molecule has 0 atom stereocenters. The van der Waals surface area contributed by atoms with Crippen LogP contribution in [0.4, 0.5) is 13.2 Å². The maximum atomic E-state index is 13.2. The highest BCUT2D eigenvalue weighted by Crippen LogP contribution is 2.35. The highest BCUT2D eigenvalue weighted by atomic mass is 19.4. The molecule has 2 N–H and O–H groups in total. The summed E-state index contributed by atoms with van der Waals surface area (Å²) in [7, 11) is 0. The van der Waals surface area contributed by atoms with Crippen molar-refractivity contribution in [3.63, 3.8) is 0 Å². The van der Waals surface area contributed by atoms with Gasteiger partial charge in [0.05, 0.1) is 11.1 Å². The molecule has 0 aliphatic carbocycles. The molecule has 0 saturated carbocycles. The van der Waals surface area contributed by atoms with Gasteiger partial charge in [-0.05, 0) is 36.6 Å². The number of alkyl halides is 3. The molecule has 0 unspecified atom stereocenters. The van der Waals surface area contributed by atoms with Crippen molar-refractivity contribution in [1.29, 1.82) is 0 Å². The number of H-pyrrole nitrogens is 1. The van der Waals surface area contributed by atoms with Gasteiger partial charge in [-0.1, -0.05) is 30.3 Å². The van der Waals surface area contributed by atoms with E-state index in [1.807, 2.05) is 0 Å². The summed E-state index contributed by atoms with van der Waals surface area (Å²) in [4.78, 5) is 27.9. The Balaban J connectivity index is 1.72. The van der Waals surface area contributed by atoms with Crippen LogP contribution in [0.3, 0.4) is 0 Å². The van der Waals surface area contributed by atoms with Gasteiger partial charge in [0.25, 0.3) is 11.5 Å². The van der Waals surface area contributed by atoms with Crippen molar-refractivity contribution in [3.8, 4) is 5.75 Å². The number of carbonyl (C=O) groups is 1. The second-order valence-corrected chi connectivity index (χ2v) is 7.30. The lowest BCUT2D eigenvalue weighted by atomic mass is 9.82. The third kappa shape index (κ3) is 4.41. The molecule has 0 spiro atoms. The number of carbonyl (C=O) groups excluding carboxylic acids is 1. The number of fused-ring (bicyclic) bond motifs is 1. The first-order chi connectivity index (χ1) is 14.8. The molecule has 1 saturated heterocycles. The van der Waals surface area contributed by atoms with E-state index in [0.717, 1.165) is 0 Å². The second kappa shape index (κ2) is 8.07. The number of amides is 1. The second-order valence-electron chi connectivity index (χ2n) is 7.30. The summed E-state index contributed by atoms with van der Waals surface area (Å²) in [5.41, 5.74) is -0.509. The van der Waals surface area contributed by atoms with Crippen LogP contribution in [0, 0.1) is 0 Å². The third-order valence-corrected chi connectivity index (χ3v) is 5.37. The topological polar surface area (TPSA) is 80.4 Å². The first-order valence-corrected chi connectivity index (χ1v) is 9.64. The van der Waals surface area contributed by atoms with Crippen LogP contribution < -0.4 is 15.6 Å². The molecule has 2 aromatic carbocycles. The molecule has 1 fully saturated rings. The minimum atomic E-state index is -4.82. The summed E-state index contributed by atoms with van der Waals surface area (Å²) in [5, 5.41) is 3.85. The van der Waals surface area contributed by atoms with Crippen molar-refractivity contribution in [1.82, 2.24) is 10.3 Å². The fourth-order valence-electron chi connectivity index (χ4n) is 3.88. The number of hydrogen-bond acceptors (Lipinski definition) is 4. The average Bonchev–Trinajstić information content (AvgIpc) is 2.74. The van der Waals surface area contributed by atoms with E-state index in [1.54, 1.807) is 30.3 Å². The predicted molar refractivity (Wildman–Crippen MR) is 107 cm³/mol. The van der Waals surface area contributed by atoms with E-state index < -0.39 is 17.8 Å². The lowest BCUT2D eigenvalue weighted by Gasteiger charge is -2.38. The fraction of sp³-hybridized carbons (Fsp3) is 0.273. The minimum Gasteiger partial charge on any atom is -0.406 e. The molecule has 0 bridgehead atoms. The number of hydrogen-bond donors (Lipinski definition) is 2. The maximum Gasteiger partial charge on any atom is 0.573 e. The zero-order valence-corrected chi connectivity index (χ0v) is 16.3. The average molecular weight is 432 g/mol. The van der Waals surface area contributed by atoms with Gasteiger partial charge in [-0.3, -0.25) is 9.59 Å². The van der Waals surface area contributed by atoms with Crippen molar-refractivity contribution in [2.75, 3.05) is 13.2 Å². The lowest BCUT2D eigenvalue weighted by molar-refractivity contribution is -0.274. The third-order valence-electron chi connectivity index (χ3n) is 5.37. The van der Waals surface area contributed by atoms with Crippen LogP contribution in [-0.2, 0) is 10.3 Å². The lowest BCUT2D eigenvalue weighted by Crippen LogP contribution is -2.49. The smallest absolute Gasteiger partial charge is 0.406 e. The number of pyridine rings is 1. The number of benzene rings is 2. The predicted octanol–water partition coefficient (Wildman–Crippen LogP) is 3.86. The molecule has 4 rings (SSSR count). The molecule has 2 heterocycles. The Hall–Kier alpha value is -3.33. The maximum absolute atomic E-state index is 13.2. The number of nitrogens with one attached hydrogen (secondary N) is 2. The summed E-state index contributed by atoms with van der Waals surface area (Å²) < 4.78 is 47.5. The van der Waals surface area contributed by atoms with Crippen LogP contribution in [-0.4, -0.2) is 30.5 Å². The molecule has 162 valence electrons. The van der Waals surface area contributed by atoms with Gasteiger partial charge >= 0.3 is 6.36 Å². The van der Waals surface area contributed by atoms with E-state index in [4.69, 9.17) is 4.74 Å². The van der Waals surface area contributed by atoms with Crippen LogP contribution >= 0.6 is 0 Å². The summed E-state index contributed by atoms with van der Waals surface area (Å²) >= 11 is 0. The van der Waals surface area contributed by atoms with Crippen molar-refractivity contribution in [2.24, 2.45) is 0 Å². The van der Waals surface area contributed by atoms with E-state index >= 15 is 0 Å². The molecule has 9 heteroatoms. The van der Waals surface area contributed by atoms with Crippen molar-refractivity contribution < 1.29 is 27.4 Å². The molecule has 1 aliphatic heterocycles. The van der Waals surface area contributed by atoms with Gasteiger partial charge in [0.2, 0.25) is 0 Å². The summed E-state index contributed by atoms with van der Waals surface area (Å²) in [5.74, 6) is -0.809. The summed E-state index contributed by atoms with van der Waals surface area (Å²) in [6.07, 6.45) is -2.74. The van der Waals surface area contributed by atoms with Gasteiger partial charge in [0, 0.05) is 30.2 Å². The largest absolute Gasteiger partial charge is 0.573 e. The molecule has 3 aromatic rings. The van der Waals surface area contributed by atoms with Crippen LogP contribution in [0.15, 0.2) is 59.5 Å². The van der Waals surface area contributed by atoms with Crippen LogP contribution in [0.5, 0.6) is 5.75 Å². The standard InChI is InChI=1S/C22H19F3N2O4/c23-22(24,25)31-15-5-3-4-14(12-15)21(8-10-30-11-9-21)27-20(29)18-13-26-19(28)17-7-2-1-6-16(17)18/h1-7,12-13H,8-11H2,(H,26,28)(H,27,29). The molecule has 31 heavy (non-hydrogen) atoms. The van der Waals surface area contributed by atoms with E-state index in [2.05, 4.69) is 15.0 Å². The van der Waals surface area contributed by atoms with E-state index in [1.165, 1.54) is 24.4 Å². The fourth-order valence-corrected chi connectivity index (χ4v) is 3.88. The Morgan fingerprint density at radius 3 is 2.48 bits per heavy atom. The van der Waals surface area contributed by atoms with Crippen molar-refractivity contribution >= 4 is 16.7 Å². The molecule has 1 aliphatic rings. The SMILES string of the molecule is O=C(NC1(c2cccc(OC(F)(F)F)c2)CCOCC1)c1c[nH]c(=O)c2ccccc12. The highest BCUT2D eigenvalue weighted by Gasteiger charge is 2.38. The molecular weight excluding hydrogens is 413 g/mol. The van der Waals surface area contributed by atoms with E-state index in [0.29, 0.717) is 42.4 Å².